The highest BCUT2D eigenvalue weighted by atomic mass is 31.2. The highest BCUT2D eigenvalue weighted by Gasteiger charge is 2.04. The van der Waals surface area contributed by atoms with Crippen LogP contribution in [0.4, 0.5) is 0 Å². The summed E-state index contributed by atoms with van der Waals surface area (Å²) in [6.45, 7) is 0.984. The molecule has 7 heteroatoms. The van der Waals surface area contributed by atoms with Crippen molar-refractivity contribution in [3.8, 4) is 0 Å². The van der Waals surface area contributed by atoms with E-state index in [1.165, 1.54) is 0 Å². The summed E-state index contributed by atoms with van der Waals surface area (Å²) in [6.07, 6.45) is 0. The lowest BCUT2D eigenvalue weighted by atomic mass is 10.8. The Bertz CT molecular complexity index is 137. The van der Waals surface area contributed by atoms with Crippen molar-refractivity contribution in [3.05, 3.63) is 0 Å². The van der Waals surface area contributed by atoms with Crippen LogP contribution in [0.1, 0.15) is 0 Å². The van der Waals surface area contributed by atoms with Gasteiger partial charge in [0.25, 0.3) is 7.59 Å². The van der Waals surface area contributed by atoms with E-state index in [0.717, 1.165) is 0 Å². The van der Waals surface area contributed by atoms with Gasteiger partial charge in [-0.2, -0.15) is 0 Å². The van der Waals surface area contributed by atoms with Crippen molar-refractivity contribution >= 4 is 7.59 Å². The summed E-state index contributed by atoms with van der Waals surface area (Å²) in [6, 6.07) is 0. The fraction of sp³-hybridized carbons (Fsp3) is 1.00. The Morgan fingerprint density at radius 2 is 2.09 bits per heavy atom. The third-order valence-electron chi connectivity index (χ3n) is 0.846. The van der Waals surface area contributed by atoms with Crippen LogP contribution in [0.5, 0.6) is 0 Å². The van der Waals surface area contributed by atoms with Gasteiger partial charge in [0.1, 0.15) is 6.73 Å². The number of ether oxygens (including phenoxy) is 2. The van der Waals surface area contributed by atoms with Gasteiger partial charge in [-0.25, -0.2) is 5.09 Å². The predicted molar refractivity (Wildman–Crippen MR) is 41.8 cm³/mol. The summed E-state index contributed by atoms with van der Waals surface area (Å²) in [5.74, 6) is 0. The summed E-state index contributed by atoms with van der Waals surface area (Å²) < 4.78 is 20.2. The van der Waals surface area contributed by atoms with E-state index in [4.69, 9.17) is 15.7 Å². The maximum atomic E-state index is 10.6. The minimum atomic E-state index is -3.13. The van der Waals surface area contributed by atoms with Crippen molar-refractivity contribution in [1.82, 2.24) is 5.09 Å². The smallest absolute Gasteiger partial charge is 0.275 e. The van der Waals surface area contributed by atoms with Gasteiger partial charge >= 0.3 is 0 Å². The first-order valence-corrected chi connectivity index (χ1v) is 4.90. The zero-order valence-corrected chi connectivity index (χ0v) is 7.34. The van der Waals surface area contributed by atoms with Gasteiger partial charge < -0.3 is 9.47 Å². The molecule has 0 heterocycles. The van der Waals surface area contributed by atoms with Gasteiger partial charge in [-0.05, 0) is 0 Å². The lowest BCUT2D eigenvalue weighted by Gasteiger charge is -2.08. The van der Waals surface area contributed by atoms with Gasteiger partial charge in [-0.3, -0.25) is 15.6 Å². The van der Waals surface area contributed by atoms with Crippen molar-refractivity contribution in [3.63, 3.8) is 0 Å². The van der Waals surface area contributed by atoms with Crippen LogP contribution in [0.25, 0.3) is 0 Å². The van der Waals surface area contributed by atoms with Crippen LogP contribution in [0.15, 0.2) is 0 Å². The van der Waals surface area contributed by atoms with E-state index >= 15 is 0 Å². The number of nitrogens with two attached hydrogens (primary N) is 2. The zero-order chi connectivity index (χ0) is 8.74. The molecule has 0 aromatic rings. The summed E-state index contributed by atoms with van der Waals surface area (Å²) >= 11 is 0. The van der Waals surface area contributed by atoms with E-state index < -0.39 is 7.59 Å². The molecule has 0 aromatic heterocycles. The minimum Gasteiger partial charge on any atom is -0.382 e. The van der Waals surface area contributed by atoms with Gasteiger partial charge in [0.05, 0.1) is 13.2 Å². The molecule has 0 saturated carbocycles. The summed E-state index contributed by atoms with van der Waals surface area (Å²) in [4.78, 5) is 0. The Hall–Kier alpha value is 0.0300. The molecule has 11 heavy (non-hydrogen) atoms. The van der Waals surface area contributed by atoms with Crippen LogP contribution >= 0.6 is 7.59 Å². The van der Waals surface area contributed by atoms with Crippen LogP contribution in [-0.4, -0.2) is 27.1 Å². The van der Waals surface area contributed by atoms with E-state index in [1.807, 2.05) is 0 Å². The molecule has 0 atom stereocenters. The molecule has 0 saturated heterocycles. The molecular formula is C4H14N3O3P. The second-order valence-electron chi connectivity index (χ2n) is 1.91. The number of hydrogen-bond acceptors (Lipinski definition) is 3. The second kappa shape index (κ2) is 5.65. The van der Waals surface area contributed by atoms with Crippen LogP contribution in [0.3, 0.4) is 0 Å². The zero-order valence-electron chi connectivity index (χ0n) is 6.45. The SMILES string of the molecule is COCCOCNP(N)(N)=O. The predicted octanol–water partition coefficient (Wildman–Crippen LogP) is -0.778. The molecule has 68 valence electrons. The first kappa shape index (κ1) is 11.0. The van der Waals surface area contributed by atoms with E-state index in [9.17, 15) is 4.57 Å². The molecule has 0 amide bonds. The molecule has 0 spiro atoms. The molecule has 0 aliphatic carbocycles. The van der Waals surface area contributed by atoms with E-state index in [2.05, 4.69) is 9.82 Å². The molecule has 0 unspecified atom stereocenters. The van der Waals surface area contributed by atoms with Crippen LogP contribution in [0, 0.1) is 0 Å². The van der Waals surface area contributed by atoms with Gasteiger partial charge in [0.15, 0.2) is 0 Å². The van der Waals surface area contributed by atoms with Crippen LogP contribution < -0.4 is 16.1 Å². The topological polar surface area (TPSA) is 99.6 Å². The van der Waals surface area contributed by atoms with Crippen molar-refractivity contribution in [2.24, 2.45) is 11.0 Å². The third kappa shape index (κ3) is 10.0. The minimum absolute atomic E-state index is 0.0770. The standard InChI is InChI=1S/C4H14N3O3P/c1-9-2-3-10-4-7-11(5,6)8/h2-4H2,1H3,(H5,5,6,7,8). The molecule has 6 nitrogen and oxygen atoms in total. The highest BCUT2D eigenvalue weighted by molar-refractivity contribution is 7.56. The monoisotopic (exact) mass is 183 g/mol. The molecule has 0 aromatic carbocycles. The van der Waals surface area contributed by atoms with Gasteiger partial charge in [0, 0.05) is 7.11 Å². The molecule has 0 aliphatic rings. The van der Waals surface area contributed by atoms with Gasteiger partial charge in [-0.15, -0.1) is 0 Å². The average Bonchev–Trinajstić information content (AvgIpc) is 1.85. The molecule has 0 bridgehead atoms. The Kier molecular flexibility index (Phi) is 5.67. The van der Waals surface area contributed by atoms with Crippen molar-refractivity contribution in [1.29, 1.82) is 0 Å². The maximum absolute atomic E-state index is 10.6. The number of rotatable bonds is 6. The third-order valence-corrected chi connectivity index (χ3v) is 1.47. The number of nitrogens with one attached hydrogen (secondary N) is 1. The fourth-order valence-electron chi connectivity index (χ4n) is 0.361. The average molecular weight is 183 g/mol. The van der Waals surface area contributed by atoms with Crippen LogP contribution in [0.2, 0.25) is 0 Å². The van der Waals surface area contributed by atoms with Crippen molar-refractivity contribution < 1.29 is 14.0 Å². The van der Waals surface area contributed by atoms with Crippen molar-refractivity contribution in [2.45, 2.75) is 0 Å². The quantitative estimate of drug-likeness (QED) is 0.284. The van der Waals surface area contributed by atoms with E-state index in [-0.39, 0.29) is 6.73 Å². The number of methoxy groups -OCH3 is 1. The Labute approximate surface area is 65.7 Å². The Balaban J connectivity index is 3.09. The van der Waals surface area contributed by atoms with Gasteiger partial charge in [-0.1, -0.05) is 0 Å². The largest absolute Gasteiger partial charge is 0.382 e. The van der Waals surface area contributed by atoms with Gasteiger partial charge in [0.2, 0.25) is 0 Å². The molecule has 0 rings (SSSR count). The summed E-state index contributed by atoms with van der Waals surface area (Å²) in [5, 5.41) is 2.31. The lowest BCUT2D eigenvalue weighted by Crippen LogP contribution is -2.25. The molecule has 0 fully saturated rings. The molecular weight excluding hydrogens is 169 g/mol. The summed E-state index contributed by atoms with van der Waals surface area (Å²) in [7, 11) is -1.57. The molecule has 0 aliphatic heterocycles. The molecule has 5 N–H and O–H groups in total. The van der Waals surface area contributed by atoms with E-state index in [0.29, 0.717) is 13.2 Å². The maximum Gasteiger partial charge on any atom is 0.275 e. The van der Waals surface area contributed by atoms with E-state index in [1.54, 1.807) is 7.11 Å². The Morgan fingerprint density at radius 3 is 2.55 bits per heavy atom. The number of hydrogen-bond donors (Lipinski definition) is 3. The first-order valence-electron chi connectivity index (χ1n) is 3.05. The Morgan fingerprint density at radius 1 is 1.45 bits per heavy atom. The fourth-order valence-corrected chi connectivity index (χ4v) is 0.654. The highest BCUT2D eigenvalue weighted by Crippen LogP contribution is 2.15. The van der Waals surface area contributed by atoms with Crippen molar-refractivity contribution in [2.75, 3.05) is 27.1 Å². The second-order valence-corrected chi connectivity index (χ2v) is 3.65. The normalized spacial score (nSPS) is 11.9. The summed E-state index contributed by atoms with van der Waals surface area (Å²) in [5.41, 5.74) is 9.92. The molecule has 0 radical (unpaired) electrons. The first-order chi connectivity index (χ1) is 5.06. The lowest BCUT2D eigenvalue weighted by molar-refractivity contribution is 0.0685. The van der Waals surface area contributed by atoms with Crippen LogP contribution in [-0.2, 0) is 14.0 Å².